The van der Waals surface area contributed by atoms with Crippen molar-refractivity contribution in [3.05, 3.63) is 58.9 Å². The first-order chi connectivity index (χ1) is 14.0. The number of hydrogen-bond donors (Lipinski definition) is 0. The molecule has 0 unspecified atom stereocenters. The number of ether oxygens (including phenoxy) is 1. The maximum absolute atomic E-state index is 14.0. The van der Waals surface area contributed by atoms with Crippen LogP contribution in [0.1, 0.15) is 18.0 Å². The molecular weight excluding hydrogens is 397 g/mol. The third-order valence-electron chi connectivity index (χ3n) is 6.02. The zero-order chi connectivity index (χ0) is 20.3. The van der Waals surface area contributed by atoms with Gasteiger partial charge in [0.05, 0.1) is 29.8 Å². The van der Waals surface area contributed by atoms with Crippen LogP contribution in [-0.2, 0) is 9.59 Å². The highest BCUT2D eigenvalue weighted by atomic mass is 35.5. The molecule has 3 aliphatic heterocycles. The molecule has 6 nitrogen and oxygen atoms in total. The van der Waals surface area contributed by atoms with E-state index in [9.17, 15) is 14.0 Å². The summed E-state index contributed by atoms with van der Waals surface area (Å²) in [4.78, 5) is 27.8. The van der Waals surface area contributed by atoms with Crippen molar-refractivity contribution in [2.45, 2.75) is 18.5 Å². The van der Waals surface area contributed by atoms with Gasteiger partial charge in [0.1, 0.15) is 17.6 Å². The highest BCUT2D eigenvalue weighted by Gasteiger charge is 2.62. The van der Waals surface area contributed by atoms with Gasteiger partial charge in [0.2, 0.25) is 5.91 Å². The Morgan fingerprint density at radius 2 is 1.69 bits per heavy atom. The van der Waals surface area contributed by atoms with Gasteiger partial charge in [0.15, 0.2) is 0 Å². The number of hydrazine groups is 1. The van der Waals surface area contributed by atoms with Gasteiger partial charge in [-0.2, -0.15) is 0 Å². The van der Waals surface area contributed by atoms with E-state index in [-0.39, 0.29) is 28.6 Å². The van der Waals surface area contributed by atoms with Gasteiger partial charge in [-0.1, -0.05) is 23.7 Å². The largest absolute Gasteiger partial charge is 0.497 e. The molecule has 5 rings (SSSR count). The molecule has 0 saturated carbocycles. The number of imide groups is 1. The number of hydrogen-bond acceptors (Lipinski definition) is 5. The molecule has 3 heterocycles. The van der Waals surface area contributed by atoms with E-state index >= 15 is 0 Å². The van der Waals surface area contributed by atoms with E-state index < -0.39 is 17.8 Å². The average molecular weight is 416 g/mol. The van der Waals surface area contributed by atoms with Gasteiger partial charge in [-0.3, -0.25) is 9.59 Å². The van der Waals surface area contributed by atoms with Crippen LogP contribution < -0.4 is 9.64 Å². The fraction of sp³-hybridized carbons (Fsp3) is 0.333. The predicted octanol–water partition coefficient (Wildman–Crippen LogP) is 3.02. The molecule has 150 valence electrons. The van der Waals surface area contributed by atoms with Crippen molar-refractivity contribution in [2.75, 3.05) is 25.1 Å². The Morgan fingerprint density at radius 3 is 2.34 bits per heavy atom. The molecule has 3 fully saturated rings. The van der Waals surface area contributed by atoms with Crippen molar-refractivity contribution in [1.82, 2.24) is 10.0 Å². The first-order valence-electron chi connectivity index (χ1n) is 9.51. The monoisotopic (exact) mass is 415 g/mol. The molecule has 0 N–H and O–H groups in total. The molecule has 2 aromatic carbocycles. The van der Waals surface area contributed by atoms with Crippen LogP contribution in [0.3, 0.4) is 0 Å². The Bertz CT molecular complexity index is 999. The molecule has 29 heavy (non-hydrogen) atoms. The quantitative estimate of drug-likeness (QED) is 0.721. The van der Waals surface area contributed by atoms with Crippen LogP contribution in [0.2, 0.25) is 5.02 Å². The number of nitrogens with zero attached hydrogens (tertiary/aromatic N) is 3. The SMILES string of the molecule is COc1ccc([C@@H]2[C@@H]3C(=O)N(c4ccc(Cl)c(F)c4)C(=O)[C@H]3N3CCCN23)cc1. The van der Waals surface area contributed by atoms with Crippen LogP contribution in [0, 0.1) is 11.7 Å². The van der Waals surface area contributed by atoms with E-state index in [1.807, 2.05) is 29.3 Å². The van der Waals surface area contributed by atoms with E-state index in [1.54, 1.807) is 7.11 Å². The summed E-state index contributed by atoms with van der Waals surface area (Å²) in [6, 6.07) is 10.8. The van der Waals surface area contributed by atoms with Crippen LogP contribution >= 0.6 is 11.6 Å². The summed E-state index contributed by atoms with van der Waals surface area (Å²) in [6.07, 6.45) is 0.924. The summed E-state index contributed by atoms with van der Waals surface area (Å²) in [5.74, 6) is -1.10. The number of fused-ring (bicyclic) bond motifs is 3. The molecule has 0 aliphatic carbocycles. The van der Waals surface area contributed by atoms with E-state index in [4.69, 9.17) is 16.3 Å². The Balaban J connectivity index is 1.56. The van der Waals surface area contributed by atoms with E-state index in [2.05, 4.69) is 5.01 Å². The number of rotatable bonds is 3. The summed E-state index contributed by atoms with van der Waals surface area (Å²) in [5.41, 5.74) is 1.17. The Morgan fingerprint density at radius 1 is 1.00 bits per heavy atom. The van der Waals surface area contributed by atoms with Crippen LogP contribution in [0.4, 0.5) is 10.1 Å². The van der Waals surface area contributed by atoms with Gasteiger partial charge in [-0.15, -0.1) is 0 Å². The third-order valence-corrected chi connectivity index (χ3v) is 6.33. The minimum absolute atomic E-state index is 0.0464. The lowest BCUT2D eigenvalue weighted by atomic mass is 9.90. The summed E-state index contributed by atoms with van der Waals surface area (Å²) in [5, 5.41) is 4.09. The molecule has 3 atom stereocenters. The average Bonchev–Trinajstić information content (AvgIpc) is 3.37. The first kappa shape index (κ1) is 18.5. The molecule has 2 amide bonds. The third kappa shape index (κ3) is 2.68. The smallest absolute Gasteiger partial charge is 0.253 e. The number of benzene rings is 2. The number of anilines is 1. The molecule has 0 spiro atoms. The summed E-state index contributed by atoms with van der Waals surface area (Å²) < 4.78 is 19.2. The van der Waals surface area contributed by atoms with E-state index in [0.717, 1.165) is 41.8 Å². The highest BCUT2D eigenvalue weighted by Crippen LogP contribution is 2.49. The van der Waals surface area contributed by atoms with Gasteiger partial charge in [0.25, 0.3) is 5.91 Å². The number of halogens is 2. The molecule has 0 bridgehead atoms. The highest BCUT2D eigenvalue weighted by molar-refractivity contribution is 6.31. The van der Waals surface area contributed by atoms with Crippen molar-refractivity contribution in [3.63, 3.8) is 0 Å². The minimum Gasteiger partial charge on any atom is -0.497 e. The van der Waals surface area contributed by atoms with Gasteiger partial charge < -0.3 is 4.74 Å². The number of carbonyl (C=O) groups is 2. The zero-order valence-electron chi connectivity index (χ0n) is 15.7. The fourth-order valence-corrected chi connectivity index (χ4v) is 4.91. The van der Waals surface area contributed by atoms with Crippen LogP contribution in [0.15, 0.2) is 42.5 Å². The van der Waals surface area contributed by atoms with Crippen LogP contribution in [0.25, 0.3) is 0 Å². The van der Waals surface area contributed by atoms with Crippen LogP contribution in [0.5, 0.6) is 5.75 Å². The summed E-state index contributed by atoms with van der Waals surface area (Å²) in [7, 11) is 1.60. The first-order valence-corrected chi connectivity index (χ1v) is 9.89. The zero-order valence-corrected chi connectivity index (χ0v) is 16.5. The Kier molecular flexibility index (Phi) is 4.34. The number of methoxy groups -OCH3 is 1. The van der Waals surface area contributed by atoms with Crippen molar-refractivity contribution < 1.29 is 18.7 Å². The van der Waals surface area contributed by atoms with E-state index in [0.29, 0.717) is 0 Å². The molecular formula is C21H19ClFN3O3. The van der Waals surface area contributed by atoms with E-state index in [1.165, 1.54) is 12.1 Å². The maximum Gasteiger partial charge on any atom is 0.253 e. The Hall–Kier alpha value is -2.48. The second-order valence-electron chi connectivity index (χ2n) is 7.48. The Labute approximate surface area is 172 Å². The molecule has 2 aromatic rings. The predicted molar refractivity (Wildman–Crippen MR) is 105 cm³/mol. The van der Waals surface area contributed by atoms with Crippen molar-refractivity contribution in [1.29, 1.82) is 0 Å². The van der Waals surface area contributed by atoms with Crippen molar-refractivity contribution in [3.8, 4) is 5.75 Å². The maximum atomic E-state index is 14.0. The van der Waals surface area contributed by atoms with Crippen LogP contribution in [-0.4, -0.2) is 48.1 Å². The normalized spacial score (nSPS) is 26.9. The lowest BCUT2D eigenvalue weighted by Gasteiger charge is -2.29. The number of amides is 2. The topological polar surface area (TPSA) is 53.1 Å². The van der Waals surface area contributed by atoms with Gasteiger partial charge in [-0.25, -0.2) is 19.3 Å². The lowest BCUT2D eigenvalue weighted by molar-refractivity contribution is -0.126. The number of carbonyl (C=O) groups excluding carboxylic acids is 2. The molecule has 3 saturated heterocycles. The summed E-state index contributed by atoms with van der Waals surface area (Å²) in [6.45, 7) is 1.51. The second kappa shape index (κ2) is 6.79. The second-order valence-corrected chi connectivity index (χ2v) is 7.89. The van der Waals surface area contributed by atoms with Gasteiger partial charge >= 0.3 is 0 Å². The van der Waals surface area contributed by atoms with Gasteiger partial charge in [0, 0.05) is 13.1 Å². The molecule has 3 aliphatic rings. The molecule has 8 heteroatoms. The van der Waals surface area contributed by atoms with Crippen molar-refractivity contribution >= 4 is 29.1 Å². The van der Waals surface area contributed by atoms with Crippen molar-refractivity contribution in [2.24, 2.45) is 5.92 Å². The lowest BCUT2D eigenvalue weighted by Crippen LogP contribution is -2.44. The van der Waals surface area contributed by atoms with Gasteiger partial charge in [-0.05, 0) is 42.3 Å². The standard InChI is InChI=1S/C21H19ClFN3O3/c1-29-14-6-3-12(4-7-14)18-17-19(25-10-2-9-24(18)25)21(28)26(20(17)27)13-5-8-15(22)16(23)11-13/h3-8,11,17-19H,2,9-10H2,1H3/t17-,18+,19-/m0/s1. The fourth-order valence-electron chi connectivity index (χ4n) is 4.79. The molecule has 0 aromatic heterocycles. The molecule has 0 radical (unpaired) electrons. The minimum atomic E-state index is -0.656. The summed E-state index contributed by atoms with van der Waals surface area (Å²) >= 11 is 5.77.